The van der Waals surface area contributed by atoms with E-state index in [1.54, 1.807) is 11.3 Å². The van der Waals surface area contributed by atoms with Crippen molar-refractivity contribution in [1.29, 1.82) is 0 Å². The summed E-state index contributed by atoms with van der Waals surface area (Å²) in [5.74, 6) is 1.28. The van der Waals surface area contributed by atoms with E-state index in [1.807, 2.05) is 47.8 Å². The summed E-state index contributed by atoms with van der Waals surface area (Å²) in [6.07, 6.45) is 2.17. The standard InChI is InChI=1S/C19H15N3O2S/c1-2-4-14(5-3-1)10-18-21-16(12-25-18)11-23-17-8-6-15(7-9-17)19-22-20-13-24-19/h1-9,12-13H,10-11H2. The molecule has 4 rings (SSSR count). The minimum Gasteiger partial charge on any atom is -0.487 e. The van der Waals surface area contributed by atoms with E-state index in [-0.39, 0.29) is 0 Å². The van der Waals surface area contributed by atoms with Crippen LogP contribution < -0.4 is 4.74 Å². The van der Waals surface area contributed by atoms with Gasteiger partial charge in [0.2, 0.25) is 12.3 Å². The van der Waals surface area contributed by atoms with Crippen LogP contribution in [0.25, 0.3) is 11.5 Å². The number of hydrogen-bond acceptors (Lipinski definition) is 6. The first-order valence-electron chi connectivity index (χ1n) is 7.83. The molecule has 2 aromatic carbocycles. The molecule has 25 heavy (non-hydrogen) atoms. The molecule has 0 spiro atoms. The van der Waals surface area contributed by atoms with Crippen LogP contribution in [0.5, 0.6) is 5.75 Å². The van der Waals surface area contributed by atoms with Crippen molar-refractivity contribution in [3.8, 4) is 17.2 Å². The Morgan fingerprint density at radius 1 is 1.00 bits per heavy atom. The summed E-state index contributed by atoms with van der Waals surface area (Å²) < 4.78 is 11.0. The van der Waals surface area contributed by atoms with E-state index in [0.717, 1.165) is 28.4 Å². The Morgan fingerprint density at radius 3 is 2.60 bits per heavy atom. The van der Waals surface area contributed by atoms with Crippen molar-refractivity contribution in [3.05, 3.63) is 82.6 Å². The van der Waals surface area contributed by atoms with Gasteiger partial charge in [0, 0.05) is 17.4 Å². The van der Waals surface area contributed by atoms with Crippen molar-refractivity contribution < 1.29 is 9.15 Å². The average molecular weight is 349 g/mol. The molecule has 0 unspecified atom stereocenters. The van der Waals surface area contributed by atoms with Crippen LogP contribution in [0, 0.1) is 0 Å². The number of rotatable bonds is 6. The van der Waals surface area contributed by atoms with Crippen LogP contribution in [0.2, 0.25) is 0 Å². The van der Waals surface area contributed by atoms with Gasteiger partial charge in [-0.05, 0) is 29.8 Å². The van der Waals surface area contributed by atoms with E-state index in [0.29, 0.717) is 12.5 Å². The van der Waals surface area contributed by atoms with Gasteiger partial charge in [-0.25, -0.2) is 4.98 Å². The van der Waals surface area contributed by atoms with Crippen LogP contribution in [-0.4, -0.2) is 15.2 Å². The van der Waals surface area contributed by atoms with E-state index < -0.39 is 0 Å². The van der Waals surface area contributed by atoms with Gasteiger partial charge in [0.1, 0.15) is 12.4 Å². The summed E-state index contributed by atoms with van der Waals surface area (Å²) >= 11 is 1.66. The quantitative estimate of drug-likeness (QED) is 0.517. The Balaban J connectivity index is 1.35. The Labute approximate surface area is 149 Å². The van der Waals surface area contributed by atoms with E-state index in [9.17, 15) is 0 Å². The summed E-state index contributed by atoms with van der Waals surface area (Å²) in [6, 6.07) is 17.9. The molecule has 0 bridgehead atoms. The molecule has 0 atom stereocenters. The van der Waals surface area contributed by atoms with Gasteiger partial charge in [-0.2, -0.15) is 0 Å². The number of ether oxygens (including phenoxy) is 1. The molecule has 0 aliphatic carbocycles. The second-order valence-electron chi connectivity index (χ2n) is 5.45. The van der Waals surface area contributed by atoms with Crippen molar-refractivity contribution in [2.75, 3.05) is 0 Å². The molecule has 6 heteroatoms. The van der Waals surface area contributed by atoms with Crippen molar-refractivity contribution >= 4 is 11.3 Å². The van der Waals surface area contributed by atoms with Crippen LogP contribution in [0.3, 0.4) is 0 Å². The summed E-state index contributed by atoms with van der Waals surface area (Å²) in [7, 11) is 0. The SMILES string of the molecule is c1ccc(Cc2nc(COc3ccc(-c4nnco4)cc3)cs2)cc1. The zero-order chi connectivity index (χ0) is 16.9. The fraction of sp³-hybridized carbons (Fsp3) is 0.105. The lowest BCUT2D eigenvalue weighted by atomic mass is 10.2. The highest BCUT2D eigenvalue weighted by Crippen LogP contribution is 2.21. The molecule has 0 N–H and O–H groups in total. The van der Waals surface area contributed by atoms with E-state index >= 15 is 0 Å². The molecule has 5 nitrogen and oxygen atoms in total. The number of thiazole rings is 1. The van der Waals surface area contributed by atoms with Gasteiger partial charge in [0.15, 0.2) is 0 Å². The molecule has 0 amide bonds. The summed E-state index contributed by atoms with van der Waals surface area (Å²) in [4.78, 5) is 4.64. The second-order valence-corrected chi connectivity index (χ2v) is 6.39. The van der Waals surface area contributed by atoms with Gasteiger partial charge in [-0.15, -0.1) is 21.5 Å². The van der Waals surface area contributed by atoms with Crippen molar-refractivity contribution in [3.63, 3.8) is 0 Å². The second kappa shape index (κ2) is 7.27. The molecule has 0 radical (unpaired) electrons. The normalized spacial score (nSPS) is 10.7. The van der Waals surface area contributed by atoms with E-state index in [1.165, 1.54) is 12.0 Å². The maximum atomic E-state index is 5.81. The van der Waals surface area contributed by atoms with Gasteiger partial charge in [0.05, 0.1) is 10.7 Å². The Hall–Kier alpha value is -2.99. The van der Waals surface area contributed by atoms with Crippen LogP contribution in [-0.2, 0) is 13.0 Å². The lowest BCUT2D eigenvalue weighted by Gasteiger charge is -2.04. The molecule has 4 aromatic rings. The Morgan fingerprint density at radius 2 is 1.84 bits per heavy atom. The summed E-state index contributed by atoms with van der Waals surface area (Å²) in [6.45, 7) is 0.450. The molecule has 0 saturated heterocycles. The van der Waals surface area contributed by atoms with Gasteiger partial charge in [-0.3, -0.25) is 0 Å². The predicted molar refractivity (Wildman–Crippen MR) is 95.4 cm³/mol. The van der Waals surface area contributed by atoms with Gasteiger partial charge in [-0.1, -0.05) is 30.3 Å². The van der Waals surface area contributed by atoms with Crippen molar-refractivity contribution in [2.45, 2.75) is 13.0 Å². The minimum atomic E-state index is 0.450. The van der Waals surface area contributed by atoms with Crippen LogP contribution in [0.1, 0.15) is 16.3 Å². The smallest absolute Gasteiger partial charge is 0.247 e. The highest BCUT2D eigenvalue weighted by molar-refractivity contribution is 7.09. The van der Waals surface area contributed by atoms with Crippen LogP contribution in [0.15, 0.2) is 70.8 Å². The van der Waals surface area contributed by atoms with E-state index in [4.69, 9.17) is 9.15 Å². The molecule has 0 aliphatic rings. The molecule has 2 aromatic heterocycles. The van der Waals surface area contributed by atoms with Crippen molar-refractivity contribution in [2.24, 2.45) is 0 Å². The van der Waals surface area contributed by atoms with Crippen LogP contribution >= 0.6 is 11.3 Å². The number of hydrogen-bond donors (Lipinski definition) is 0. The zero-order valence-electron chi connectivity index (χ0n) is 13.3. The lowest BCUT2D eigenvalue weighted by Crippen LogP contribution is -1.96. The largest absolute Gasteiger partial charge is 0.487 e. The van der Waals surface area contributed by atoms with Gasteiger partial charge >= 0.3 is 0 Å². The highest BCUT2D eigenvalue weighted by Gasteiger charge is 2.06. The van der Waals surface area contributed by atoms with Crippen molar-refractivity contribution in [1.82, 2.24) is 15.2 Å². The van der Waals surface area contributed by atoms with Crippen LogP contribution in [0.4, 0.5) is 0 Å². The highest BCUT2D eigenvalue weighted by atomic mass is 32.1. The first-order valence-corrected chi connectivity index (χ1v) is 8.71. The van der Waals surface area contributed by atoms with Gasteiger partial charge in [0.25, 0.3) is 0 Å². The fourth-order valence-corrected chi connectivity index (χ4v) is 3.23. The third kappa shape index (κ3) is 3.92. The third-order valence-corrected chi connectivity index (χ3v) is 4.54. The fourth-order valence-electron chi connectivity index (χ4n) is 2.42. The predicted octanol–water partition coefficient (Wildman–Crippen LogP) is 4.36. The maximum absolute atomic E-state index is 5.81. The first kappa shape index (κ1) is 15.5. The summed E-state index contributed by atoms with van der Waals surface area (Å²) in [5.41, 5.74) is 3.07. The summed E-state index contributed by atoms with van der Waals surface area (Å²) in [5, 5.41) is 10.7. The monoisotopic (exact) mass is 349 g/mol. The third-order valence-electron chi connectivity index (χ3n) is 3.65. The zero-order valence-corrected chi connectivity index (χ0v) is 14.1. The first-order chi connectivity index (χ1) is 12.4. The molecule has 0 aliphatic heterocycles. The maximum Gasteiger partial charge on any atom is 0.247 e. The molecule has 0 saturated carbocycles. The minimum absolute atomic E-state index is 0.450. The van der Waals surface area contributed by atoms with Gasteiger partial charge < -0.3 is 9.15 Å². The molecule has 124 valence electrons. The molecular formula is C19H15N3O2S. The number of nitrogens with zero attached hydrogens (tertiary/aromatic N) is 3. The topological polar surface area (TPSA) is 61.0 Å². The number of aromatic nitrogens is 3. The molecule has 0 fully saturated rings. The van der Waals surface area contributed by atoms with E-state index in [2.05, 4.69) is 27.3 Å². The number of benzene rings is 2. The molecule has 2 heterocycles. The Kier molecular flexibility index (Phi) is 4.52. The molecular weight excluding hydrogens is 334 g/mol. The average Bonchev–Trinajstić information content (AvgIpc) is 3.33. The Bertz CT molecular complexity index is 919. The lowest BCUT2D eigenvalue weighted by molar-refractivity contribution is 0.302.